The Bertz CT molecular complexity index is 267. The zero-order chi connectivity index (χ0) is 14.1. The fourth-order valence-electron chi connectivity index (χ4n) is 1.27. The highest BCUT2D eigenvalue weighted by atomic mass is 16.2. The van der Waals surface area contributed by atoms with Gasteiger partial charge in [0.25, 0.3) is 0 Å². The molecule has 0 aromatic carbocycles. The van der Waals surface area contributed by atoms with Crippen LogP contribution in [0.2, 0.25) is 0 Å². The van der Waals surface area contributed by atoms with E-state index in [0.29, 0.717) is 6.54 Å². The summed E-state index contributed by atoms with van der Waals surface area (Å²) in [4.78, 5) is 24.9. The highest BCUT2D eigenvalue weighted by Crippen LogP contribution is 1.97. The number of carbonyl (C=O) groups is 2. The Morgan fingerprint density at radius 2 is 1.83 bits per heavy atom. The van der Waals surface area contributed by atoms with Crippen LogP contribution in [0.5, 0.6) is 0 Å². The van der Waals surface area contributed by atoms with Gasteiger partial charge in [0.1, 0.15) is 0 Å². The molecule has 0 unspecified atom stereocenters. The molecule has 0 heterocycles. The van der Waals surface area contributed by atoms with Crippen LogP contribution < -0.4 is 16.4 Å². The summed E-state index contributed by atoms with van der Waals surface area (Å²) >= 11 is 0. The summed E-state index contributed by atoms with van der Waals surface area (Å²) in [7, 11) is 3.96. The topological polar surface area (TPSA) is 87.5 Å². The average molecular weight is 258 g/mol. The van der Waals surface area contributed by atoms with Gasteiger partial charge in [0.05, 0.1) is 12.6 Å². The lowest BCUT2D eigenvalue weighted by molar-refractivity contribution is -0.127. The van der Waals surface area contributed by atoms with Crippen LogP contribution in [0, 0.1) is 5.92 Å². The van der Waals surface area contributed by atoms with Gasteiger partial charge < -0.3 is 21.3 Å². The zero-order valence-corrected chi connectivity index (χ0v) is 11.8. The van der Waals surface area contributed by atoms with E-state index in [9.17, 15) is 9.59 Å². The first-order valence-corrected chi connectivity index (χ1v) is 6.29. The van der Waals surface area contributed by atoms with Gasteiger partial charge in [0.2, 0.25) is 11.8 Å². The summed E-state index contributed by atoms with van der Waals surface area (Å²) < 4.78 is 0. The van der Waals surface area contributed by atoms with E-state index in [1.54, 1.807) is 0 Å². The minimum absolute atomic E-state index is 0.0127. The van der Waals surface area contributed by atoms with E-state index in [4.69, 9.17) is 5.73 Å². The van der Waals surface area contributed by atoms with Crippen LogP contribution >= 0.6 is 0 Å². The van der Waals surface area contributed by atoms with E-state index in [-0.39, 0.29) is 24.3 Å². The third-order valence-electron chi connectivity index (χ3n) is 2.55. The molecule has 2 amide bonds. The molecule has 0 rings (SSSR count). The predicted molar refractivity (Wildman–Crippen MR) is 72.0 cm³/mol. The Morgan fingerprint density at radius 1 is 1.22 bits per heavy atom. The van der Waals surface area contributed by atoms with Crippen LogP contribution in [0.4, 0.5) is 0 Å². The maximum atomic E-state index is 11.5. The molecule has 0 radical (unpaired) electrons. The van der Waals surface area contributed by atoms with Crippen molar-refractivity contribution in [3.63, 3.8) is 0 Å². The van der Waals surface area contributed by atoms with Crippen molar-refractivity contribution in [3.8, 4) is 0 Å². The zero-order valence-electron chi connectivity index (χ0n) is 11.8. The molecule has 0 saturated carbocycles. The van der Waals surface area contributed by atoms with E-state index >= 15 is 0 Å². The van der Waals surface area contributed by atoms with Crippen LogP contribution in [0.25, 0.3) is 0 Å². The van der Waals surface area contributed by atoms with Gasteiger partial charge in [-0.2, -0.15) is 0 Å². The predicted octanol–water partition coefficient (Wildman–Crippen LogP) is -0.846. The normalized spacial score (nSPS) is 12.6. The number of amides is 2. The lowest BCUT2D eigenvalue weighted by Crippen LogP contribution is -2.47. The molecule has 0 aliphatic carbocycles. The summed E-state index contributed by atoms with van der Waals surface area (Å²) in [5, 5.41) is 5.27. The molecular formula is C12H26N4O2. The van der Waals surface area contributed by atoms with E-state index in [0.717, 1.165) is 13.0 Å². The van der Waals surface area contributed by atoms with E-state index < -0.39 is 6.04 Å². The summed E-state index contributed by atoms with van der Waals surface area (Å²) in [5.41, 5.74) is 5.65. The van der Waals surface area contributed by atoms with E-state index in [2.05, 4.69) is 15.5 Å². The highest BCUT2D eigenvalue weighted by molar-refractivity contribution is 5.87. The first kappa shape index (κ1) is 16.9. The monoisotopic (exact) mass is 258 g/mol. The van der Waals surface area contributed by atoms with Crippen molar-refractivity contribution >= 4 is 11.8 Å². The van der Waals surface area contributed by atoms with Crippen molar-refractivity contribution in [3.05, 3.63) is 0 Å². The molecule has 0 aliphatic rings. The Kier molecular flexibility index (Phi) is 8.32. The van der Waals surface area contributed by atoms with Gasteiger partial charge in [-0.25, -0.2) is 0 Å². The quantitative estimate of drug-likeness (QED) is 0.495. The van der Waals surface area contributed by atoms with Crippen LogP contribution in [0.1, 0.15) is 20.3 Å². The van der Waals surface area contributed by atoms with E-state index in [1.807, 2.05) is 27.9 Å². The van der Waals surface area contributed by atoms with Crippen molar-refractivity contribution in [2.75, 3.05) is 33.7 Å². The second-order valence-electron chi connectivity index (χ2n) is 4.99. The summed E-state index contributed by atoms with van der Waals surface area (Å²) in [6.45, 7) is 5.26. The molecule has 0 aromatic heterocycles. The van der Waals surface area contributed by atoms with Crippen molar-refractivity contribution in [2.45, 2.75) is 26.3 Å². The maximum absolute atomic E-state index is 11.5. The molecule has 0 bridgehead atoms. The number of carbonyl (C=O) groups excluding carboxylic acids is 2. The molecule has 0 saturated heterocycles. The fourth-order valence-corrected chi connectivity index (χ4v) is 1.27. The fraction of sp³-hybridized carbons (Fsp3) is 0.833. The number of nitrogens with two attached hydrogens (primary N) is 1. The molecular weight excluding hydrogens is 232 g/mol. The molecule has 1 atom stereocenters. The second-order valence-corrected chi connectivity index (χ2v) is 4.99. The summed E-state index contributed by atoms with van der Waals surface area (Å²) in [5.74, 6) is -0.403. The molecule has 6 heteroatoms. The first-order valence-electron chi connectivity index (χ1n) is 6.29. The van der Waals surface area contributed by atoms with Gasteiger partial charge in [0, 0.05) is 6.54 Å². The second kappa shape index (κ2) is 8.88. The summed E-state index contributed by atoms with van der Waals surface area (Å²) in [6.07, 6.45) is 0.887. The Morgan fingerprint density at radius 3 is 2.33 bits per heavy atom. The average Bonchev–Trinajstić information content (AvgIpc) is 2.30. The Hall–Kier alpha value is -1.14. The summed E-state index contributed by atoms with van der Waals surface area (Å²) in [6, 6.07) is -0.563. The van der Waals surface area contributed by atoms with Gasteiger partial charge in [-0.1, -0.05) is 13.8 Å². The largest absolute Gasteiger partial charge is 0.355 e. The smallest absolute Gasteiger partial charge is 0.239 e. The maximum Gasteiger partial charge on any atom is 0.239 e. The minimum Gasteiger partial charge on any atom is -0.355 e. The molecule has 6 nitrogen and oxygen atoms in total. The van der Waals surface area contributed by atoms with Gasteiger partial charge in [-0.3, -0.25) is 9.59 Å². The third-order valence-corrected chi connectivity index (χ3v) is 2.55. The van der Waals surface area contributed by atoms with Crippen LogP contribution in [-0.2, 0) is 9.59 Å². The van der Waals surface area contributed by atoms with Crippen molar-refractivity contribution in [2.24, 2.45) is 11.7 Å². The van der Waals surface area contributed by atoms with Gasteiger partial charge >= 0.3 is 0 Å². The van der Waals surface area contributed by atoms with Crippen molar-refractivity contribution in [1.29, 1.82) is 0 Å². The molecule has 18 heavy (non-hydrogen) atoms. The molecule has 0 aliphatic heterocycles. The van der Waals surface area contributed by atoms with Gasteiger partial charge in [0.15, 0.2) is 0 Å². The molecule has 0 aromatic rings. The highest BCUT2D eigenvalue weighted by Gasteiger charge is 2.17. The number of hydrogen-bond acceptors (Lipinski definition) is 4. The van der Waals surface area contributed by atoms with Crippen LogP contribution in [0.3, 0.4) is 0 Å². The lowest BCUT2D eigenvalue weighted by atomic mass is 10.1. The minimum atomic E-state index is -0.563. The number of nitrogens with zero attached hydrogens (tertiary/aromatic N) is 1. The van der Waals surface area contributed by atoms with Crippen molar-refractivity contribution < 1.29 is 9.59 Å². The Balaban J connectivity index is 3.67. The number of nitrogens with one attached hydrogen (secondary N) is 2. The first-order chi connectivity index (χ1) is 8.34. The molecule has 4 N–H and O–H groups in total. The number of rotatable bonds is 8. The van der Waals surface area contributed by atoms with Crippen LogP contribution in [0.15, 0.2) is 0 Å². The van der Waals surface area contributed by atoms with Gasteiger partial charge in [-0.05, 0) is 33.0 Å². The molecule has 106 valence electrons. The lowest BCUT2D eigenvalue weighted by Gasteiger charge is -2.15. The Labute approximate surface area is 109 Å². The SMILES string of the molecule is CC(C)[C@H](N)C(=O)NCC(=O)NCCCN(C)C. The van der Waals surface area contributed by atoms with E-state index in [1.165, 1.54) is 0 Å². The third kappa shape index (κ3) is 8.03. The standard InChI is InChI=1S/C12H26N4O2/c1-9(2)11(13)12(18)15-8-10(17)14-6-5-7-16(3)4/h9,11H,5-8,13H2,1-4H3,(H,14,17)(H,15,18)/t11-/m0/s1. The van der Waals surface area contributed by atoms with Gasteiger partial charge in [-0.15, -0.1) is 0 Å². The molecule has 0 fully saturated rings. The number of hydrogen-bond donors (Lipinski definition) is 3. The van der Waals surface area contributed by atoms with Crippen molar-refractivity contribution in [1.82, 2.24) is 15.5 Å². The van der Waals surface area contributed by atoms with Crippen LogP contribution in [-0.4, -0.2) is 56.5 Å². The molecule has 0 spiro atoms.